The Labute approximate surface area is 91.4 Å². The van der Waals surface area contributed by atoms with Gasteiger partial charge in [-0.05, 0) is 40.5 Å². The largest absolute Gasteiger partial charge is 0.0795 e. The number of benzene rings is 2. The fourth-order valence-electron chi connectivity index (χ4n) is 2.06. The summed E-state index contributed by atoms with van der Waals surface area (Å²) >= 11 is 3.52. The lowest BCUT2D eigenvalue weighted by Crippen LogP contribution is -1.84. The molecule has 1 aliphatic rings. The zero-order valence-electron chi connectivity index (χ0n) is 7.63. The van der Waals surface area contributed by atoms with Crippen LogP contribution in [0.5, 0.6) is 0 Å². The predicted molar refractivity (Wildman–Crippen MR) is 64.4 cm³/mol. The topological polar surface area (TPSA) is 0 Å². The van der Waals surface area contributed by atoms with E-state index >= 15 is 0 Å². The van der Waals surface area contributed by atoms with Gasteiger partial charge >= 0.3 is 0 Å². The van der Waals surface area contributed by atoms with E-state index in [9.17, 15) is 0 Å². The van der Waals surface area contributed by atoms with Crippen molar-refractivity contribution in [2.75, 3.05) is 0 Å². The Balaban J connectivity index is 2.43. The number of hydrogen-bond acceptors (Lipinski definition) is 0. The quantitative estimate of drug-likeness (QED) is 0.653. The molecule has 0 N–H and O–H groups in total. The number of rotatable bonds is 0. The highest BCUT2D eigenvalue weighted by Crippen LogP contribution is 2.30. The van der Waals surface area contributed by atoms with E-state index in [0.717, 1.165) is 10.9 Å². The summed E-state index contributed by atoms with van der Waals surface area (Å²) in [5.41, 5.74) is 2.83. The monoisotopic (exact) mass is 244 g/mol. The van der Waals surface area contributed by atoms with Crippen LogP contribution in [0.2, 0.25) is 0 Å². The maximum Gasteiger partial charge on any atom is 0.0181 e. The second-order valence-electron chi connectivity index (χ2n) is 3.61. The third-order valence-corrected chi connectivity index (χ3v) is 3.24. The lowest BCUT2D eigenvalue weighted by atomic mass is 10.0. The van der Waals surface area contributed by atoms with Gasteiger partial charge in [0.05, 0.1) is 0 Å². The summed E-state index contributed by atoms with van der Waals surface area (Å²) in [6.07, 6.45) is 5.50. The molecule has 1 heteroatoms. The Morgan fingerprint density at radius 1 is 1.07 bits per heavy atom. The fourth-order valence-corrected chi connectivity index (χ4v) is 2.42. The Kier molecular flexibility index (Phi) is 1.74. The highest BCUT2D eigenvalue weighted by Gasteiger charge is 2.08. The SMILES string of the molecule is Brc1ccc2ccc3c(c2c1)CC=C3. The van der Waals surface area contributed by atoms with Gasteiger partial charge in [-0.2, -0.15) is 0 Å². The molecule has 0 fully saturated rings. The van der Waals surface area contributed by atoms with E-state index in [2.05, 4.69) is 58.4 Å². The van der Waals surface area contributed by atoms with Crippen molar-refractivity contribution in [2.45, 2.75) is 6.42 Å². The van der Waals surface area contributed by atoms with Crippen LogP contribution < -0.4 is 0 Å². The van der Waals surface area contributed by atoms with E-state index in [4.69, 9.17) is 0 Å². The van der Waals surface area contributed by atoms with Crippen LogP contribution in [0.1, 0.15) is 11.1 Å². The van der Waals surface area contributed by atoms with E-state index in [-0.39, 0.29) is 0 Å². The van der Waals surface area contributed by atoms with Crippen LogP contribution in [0.3, 0.4) is 0 Å². The molecule has 68 valence electrons. The van der Waals surface area contributed by atoms with Gasteiger partial charge < -0.3 is 0 Å². The Morgan fingerprint density at radius 3 is 2.86 bits per heavy atom. The molecular formula is C13H9Br. The normalized spacial score (nSPS) is 13.5. The predicted octanol–water partition coefficient (Wildman–Crippen LogP) is 4.17. The number of fused-ring (bicyclic) bond motifs is 3. The van der Waals surface area contributed by atoms with E-state index < -0.39 is 0 Å². The first kappa shape index (κ1) is 8.25. The third-order valence-electron chi connectivity index (χ3n) is 2.75. The molecule has 3 rings (SSSR count). The Bertz CT molecular complexity index is 538. The second-order valence-corrected chi connectivity index (χ2v) is 4.52. The average Bonchev–Trinajstić information content (AvgIpc) is 2.65. The summed E-state index contributed by atoms with van der Waals surface area (Å²) in [6, 6.07) is 10.9. The van der Waals surface area contributed by atoms with Gasteiger partial charge in [-0.3, -0.25) is 0 Å². The van der Waals surface area contributed by atoms with Gasteiger partial charge in [0.1, 0.15) is 0 Å². The van der Waals surface area contributed by atoms with Crippen molar-refractivity contribution in [3.05, 3.63) is 52.0 Å². The highest BCUT2D eigenvalue weighted by molar-refractivity contribution is 9.10. The minimum Gasteiger partial charge on any atom is -0.0795 e. The molecule has 14 heavy (non-hydrogen) atoms. The summed E-state index contributed by atoms with van der Waals surface area (Å²) in [4.78, 5) is 0. The molecule has 0 nitrogen and oxygen atoms in total. The zero-order valence-corrected chi connectivity index (χ0v) is 9.21. The third kappa shape index (κ3) is 1.12. The lowest BCUT2D eigenvalue weighted by Gasteiger charge is -2.05. The first-order chi connectivity index (χ1) is 6.84. The van der Waals surface area contributed by atoms with Crippen molar-refractivity contribution in [3.8, 4) is 0 Å². The van der Waals surface area contributed by atoms with Gasteiger partial charge in [0, 0.05) is 4.47 Å². The lowest BCUT2D eigenvalue weighted by molar-refractivity contribution is 1.34. The minimum atomic E-state index is 1.07. The molecule has 0 unspecified atom stereocenters. The molecule has 2 aromatic rings. The van der Waals surface area contributed by atoms with Gasteiger partial charge in [0.2, 0.25) is 0 Å². The summed E-state index contributed by atoms with van der Waals surface area (Å²) in [6.45, 7) is 0. The number of halogens is 1. The van der Waals surface area contributed by atoms with Crippen molar-refractivity contribution in [2.24, 2.45) is 0 Å². The van der Waals surface area contributed by atoms with Gasteiger partial charge in [0.15, 0.2) is 0 Å². The first-order valence-corrected chi connectivity index (χ1v) is 5.51. The van der Waals surface area contributed by atoms with E-state index in [0.29, 0.717) is 0 Å². The molecule has 1 aliphatic carbocycles. The molecule has 0 bridgehead atoms. The van der Waals surface area contributed by atoms with Crippen molar-refractivity contribution >= 4 is 32.8 Å². The van der Waals surface area contributed by atoms with Crippen molar-refractivity contribution in [3.63, 3.8) is 0 Å². The molecule has 0 aliphatic heterocycles. The van der Waals surface area contributed by atoms with Crippen LogP contribution >= 0.6 is 15.9 Å². The zero-order chi connectivity index (χ0) is 9.54. The summed E-state index contributed by atoms with van der Waals surface area (Å²) < 4.78 is 1.16. The van der Waals surface area contributed by atoms with Crippen LogP contribution in [0.15, 0.2) is 40.9 Å². The molecule has 0 saturated heterocycles. The van der Waals surface area contributed by atoms with Crippen LogP contribution in [0, 0.1) is 0 Å². The van der Waals surface area contributed by atoms with Gasteiger partial charge in [-0.15, -0.1) is 0 Å². The molecule has 0 spiro atoms. The molecule has 0 amide bonds. The Morgan fingerprint density at radius 2 is 1.93 bits per heavy atom. The number of hydrogen-bond donors (Lipinski definition) is 0. The van der Waals surface area contributed by atoms with Crippen LogP contribution in [-0.4, -0.2) is 0 Å². The smallest absolute Gasteiger partial charge is 0.0181 e. The van der Waals surface area contributed by atoms with Crippen molar-refractivity contribution < 1.29 is 0 Å². The molecule has 0 radical (unpaired) electrons. The van der Waals surface area contributed by atoms with Crippen molar-refractivity contribution in [1.29, 1.82) is 0 Å². The molecular weight excluding hydrogens is 236 g/mol. The van der Waals surface area contributed by atoms with E-state index in [1.165, 1.54) is 21.9 Å². The average molecular weight is 245 g/mol. The molecule has 0 saturated carbocycles. The number of allylic oxidation sites excluding steroid dienone is 1. The van der Waals surface area contributed by atoms with Crippen molar-refractivity contribution in [1.82, 2.24) is 0 Å². The summed E-state index contributed by atoms with van der Waals surface area (Å²) in [7, 11) is 0. The maximum absolute atomic E-state index is 3.52. The van der Waals surface area contributed by atoms with Gasteiger partial charge in [-0.1, -0.05) is 46.3 Å². The Hall–Kier alpha value is -1.08. The summed E-state index contributed by atoms with van der Waals surface area (Å²) in [5.74, 6) is 0. The van der Waals surface area contributed by atoms with Gasteiger partial charge in [-0.25, -0.2) is 0 Å². The minimum absolute atomic E-state index is 1.07. The molecule has 0 heterocycles. The van der Waals surface area contributed by atoms with Crippen LogP contribution in [0.4, 0.5) is 0 Å². The molecule has 0 aromatic heterocycles. The van der Waals surface area contributed by atoms with Crippen LogP contribution in [0.25, 0.3) is 16.8 Å². The van der Waals surface area contributed by atoms with Gasteiger partial charge in [0.25, 0.3) is 0 Å². The maximum atomic E-state index is 3.52. The fraction of sp³-hybridized carbons (Fsp3) is 0.0769. The second kappa shape index (κ2) is 2.96. The summed E-state index contributed by atoms with van der Waals surface area (Å²) in [5, 5.41) is 2.71. The first-order valence-electron chi connectivity index (χ1n) is 4.72. The highest BCUT2D eigenvalue weighted by atomic mass is 79.9. The van der Waals surface area contributed by atoms with Crippen LogP contribution in [-0.2, 0) is 6.42 Å². The standard InChI is InChI=1S/C13H9Br/c14-11-7-6-10-5-4-9-2-1-3-12(9)13(10)8-11/h1-2,4-8H,3H2. The molecule has 0 atom stereocenters. The van der Waals surface area contributed by atoms with E-state index in [1.807, 2.05) is 0 Å². The molecule has 2 aromatic carbocycles. The van der Waals surface area contributed by atoms with E-state index in [1.54, 1.807) is 0 Å².